The van der Waals surface area contributed by atoms with Gasteiger partial charge in [-0.05, 0) is 12.3 Å². The van der Waals surface area contributed by atoms with Crippen molar-refractivity contribution in [2.45, 2.75) is 46.2 Å². The molecule has 0 fully saturated rings. The van der Waals surface area contributed by atoms with Crippen molar-refractivity contribution in [1.82, 2.24) is 0 Å². The monoisotopic (exact) mass is 212 g/mol. The lowest BCUT2D eigenvalue weighted by Gasteiger charge is -2.37. The maximum atomic E-state index is 12.8. The van der Waals surface area contributed by atoms with E-state index in [4.69, 9.17) is 5.11 Å². The standard InChI is InChI=1S/C10H19F3O/c1-4-5-6-9(7-14,8(2)3)10(11,12)13/h8,14H,4-7H2,1-3H3/t9-/m0/s1. The number of hydrogen-bond acceptors (Lipinski definition) is 1. The van der Waals surface area contributed by atoms with Gasteiger partial charge in [0, 0.05) is 0 Å². The molecule has 1 N–H and O–H groups in total. The summed E-state index contributed by atoms with van der Waals surface area (Å²) < 4.78 is 38.4. The van der Waals surface area contributed by atoms with Crippen molar-refractivity contribution in [3.63, 3.8) is 0 Å². The first-order chi connectivity index (χ1) is 6.31. The van der Waals surface area contributed by atoms with E-state index < -0.39 is 24.1 Å². The zero-order valence-electron chi connectivity index (χ0n) is 8.99. The van der Waals surface area contributed by atoms with Gasteiger partial charge in [-0.2, -0.15) is 13.2 Å². The zero-order valence-corrected chi connectivity index (χ0v) is 8.99. The lowest BCUT2D eigenvalue weighted by atomic mass is 9.73. The van der Waals surface area contributed by atoms with Gasteiger partial charge in [-0.3, -0.25) is 0 Å². The summed E-state index contributed by atoms with van der Waals surface area (Å²) in [6.07, 6.45) is -3.09. The lowest BCUT2D eigenvalue weighted by Crippen LogP contribution is -2.45. The first kappa shape index (κ1) is 13.8. The van der Waals surface area contributed by atoms with Crippen LogP contribution in [0.3, 0.4) is 0 Å². The molecule has 0 rings (SSSR count). The maximum absolute atomic E-state index is 12.8. The molecule has 0 aliphatic carbocycles. The molecule has 0 aliphatic rings. The van der Waals surface area contributed by atoms with Gasteiger partial charge < -0.3 is 5.11 Å². The molecule has 1 nitrogen and oxygen atoms in total. The Morgan fingerprint density at radius 1 is 1.21 bits per heavy atom. The number of aliphatic hydroxyl groups excluding tert-OH is 1. The van der Waals surface area contributed by atoms with Gasteiger partial charge in [-0.25, -0.2) is 0 Å². The molecule has 86 valence electrons. The minimum Gasteiger partial charge on any atom is -0.395 e. The van der Waals surface area contributed by atoms with Crippen molar-refractivity contribution >= 4 is 0 Å². The molecule has 0 aromatic heterocycles. The first-order valence-corrected chi connectivity index (χ1v) is 4.99. The van der Waals surface area contributed by atoms with Gasteiger partial charge in [0.2, 0.25) is 0 Å². The highest BCUT2D eigenvalue weighted by Crippen LogP contribution is 2.47. The average Bonchev–Trinajstić information content (AvgIpc) is 2.03. The maximum Gasteiger partial charge on any atom is 0.396 e. The van der Waals surface area contributed by atoms with E-state index in [1.54, 1.807) is 0 Å². The molecule has 0 saturated heterocycles. The average molecular weight is 212 g/mol. The van der Waals surface area contributed by atoms with Crippen LogP contribution in [0.15, 0.2) is 0 Å². The molecule has 0 heterocycles. The minimum absolute atomic E-state index is 0.0150. The summed E-state index contributed by atoms with van der Waals surface area (Å²) in [6.45, 7) is 4.06. The van der Waals surface area contributed by atoms with Gasteiger partial charge in [-0.15, -0.1) is 0 Å². The topological polar surface area (TPSA) is 20.2 Å². The van der Waals surface area contributed by atoms with Crippen molar-refractivity contribution in [2.75, 3.05) is 6.61 Å². The second kappa shape index (κ2) is 5.01. The Morgan fingerprint density at radius 2 is 1.71 bits per heavy atom. The Balaban J connectivity index is 4.80. The summed E-state index contributed by atoms with van der Waals surface area (Å²) >= 11 is 0. The number of halogens is 3. The van der Waals surface area contributed by atoms with Crippen LogP contribution in [-0.4, -0.2) is 17.9 Å². The van der Waals surface area contributed by atoms with Crippen LogP contribution in [0.5, 0.6) is 0 Å². The zero-order chi connectivity index (χ0) is 11.4. The fraction of sp³-hybridized carbons (Fsp3) is 1.00. The molecule has 0 saturated carbocycles. The summed E-state index contributed by atoms with van der Waals surface area (Å²) in [5, 5.41) is 8.99. The van der Waals surface area contributed by atoms with Crippen molar-refractivity contribution in [1.29, 1.82) is 0 Å². The second-order valence-electron chi connectivity index (χ2n) is 4.07. The molecule has 0 aromatic rings. The molecule has 4 heteroatoms. The molecule has 0 radical (unpaired) electrons. The summed E-state index contributed by atoms with van der Waals surface area (Å²) in [5.41, 5.74) is -1.91. The Hall–Kier alpha value is -0.250. The first-order valence-electron chi connectivity index (χ1n) is 4.99. The van der Waals surface area contributed by atoms with E-state index in [2.05, 4.69) is 0 Å². The molecule has 0 aliphatic heterocycles. The smallest absolute Gasteiger partial charge is 0.395 e. The Labute approximate surface area is 83.3 Å². The van der Waals surface area contributed by atoms with Crippen LogP contribution in [-0.2, 0) is 0 Å². The predicted octanol–water partition coefficient (Wildman–Crippen LogP) is 3.37. The normalized spacial score (nSPS) is 17.1. The van der Waals surface area contributed by atoms with E-state index in [0.717, 1.165) is 0 Å². The van der Waals surface area contributed by atoms with Gasteiger partial charge >= 0.3 is 6.18 Å². The summed E-state index contributed by atoms with van der Waals surface area (Å²) in [4.78, 5) is 0. The largest absolute Gasteiger partial charge is 0.396 e. The minimum atomic E-state index is -4.31. The van der Waals surface area contributed by atoms with Crippen LogP contribution in [0, 0.1) is 11.3 Å². The SMILES string of the molecule is CCCC[C@](CO)(C(C)C)C(F)(F)F. The second-order valence-corrected chi connectivity index (χ2v) is 4.07. The van der Waals surface area contributed by atoms with Crippen molar-refractivity contribution < 1.29 is 18.3 Å². The molecule has 1 atom stereocenters. The summed E-state index contributed by atoms with van der Waals surface area (Å²) in [7, 11) is 0. The molecule has 0 unspecified atom stereocenters. The molecule has 0 bridgehead atoms. The van der Waals surface area contributed by atoms with E-state index in [0.29, 0.717) is 12.8 Å². The van der Waals surface area contributed by atoms with Crippen LogP contribution >= 0.6 is 0 Å². The van der Waals surface area contributed by atoms with E-state index in [1.807, 2.05) is 6.92 Å². The van der Waals surface area contributed by atoms with Gasteiger partial charge in [0.25, 0.3) is 0 Å². The third-order valence-electron chi connectivity index (χ3n) is 2.93. The van der Waals surface area contributed by atoms with Crippen LogP contribution < -0.4 is 0 Å². The Morgan fingerprint density at radius 3 is 1.93 bits per heavy atom. The van der Waals surface area contributed by atoms with E-state index in [-0.39, 0.29) is 6.42 Å². The van der Waals surface area contributed by atoms with Crippen molar-refractivity contribution in [3.8, 4) is 0 Å². The van der Waals surface area contributed by atoms with Crippen LogP contribution in [0.2, 0.25) is 0 Å². The van der Waals surface area contributed by atoms with E-state index in [9.17, 15) is 13.2 Å². The molecule has 0 spiro atoms. The molecular formula is C10H19F3O. The molecule has 0 amide bonds. The number of rotatable bonds is 5. The van der Waals surface area contributed by atoms with Crippen LogP contribution in [0.1, 0.15) is 40.0 Å². The number of unbranched alkanes of at least 4 members (excludes halogenated alkanes) is 1. The van der Waals surface area contributed by atoms with Gasteiger partial charge in [0.1, 0.15) is 0 Å². The quantitative estimate of drug-likeness (QED) is 0.740. The van der Waals surface area contributed by atoms with Gasteiger partial charge in [0.05, 0.1) is 12.0 Å². The van der Waals surface area contributed by atoms with Gasteiger partial charge in [-0.1, -0.05) is 33.6 Å². The summed E-state index contributed by atoms with van der Waals surface area (Å²) in [5.74, 6) is -0.584. The third kappa shape index (κ3) is 2.62. The summed E-state index contributed by atoms with van der Waals surface area (Å²) in [6, 6.07) is 0. The predicted molar refractivity (Wildman–Crippen MR) is 49.9 cm³/mol. The fourth-order valence-corrected chi connectivity index (χ4v) is 1.60. The number of aliphatic hydroxyl groups is 1. The highest BCUT2D eigenvalue weighted by atomic mass is 19.4. The lowest BCUT2D eigenvalue weighted by molar-refractivity contribution is -0.254. The molecule has 0 aromatic carbocycles. The highest BCUT2D eigenvalue weighted by molar-refractivity contribution is 4.88. The van der Waals surface area contributed by atoms with Crippen molar-refractivity contribution in [3.05, 3.63) is 0 Å². The van der Waals surface area contributed by atoms with Crippen LogP contribution in [0.25, 0.3) is 0 Å². The third-order valence-corrected chi connectivity index (χ3v) is 2.93. The number of alkyl halides is 3. The van der Waals surface area contributed by atoms with E-state index in [1.165, 1.54) is 13.8 Å². The fourth-order valence-electron chi connectivity index (χ4n) is 1.60. The highest BCUT2D eigenvalue weighted by Gasteiger charge is 2.55. The Kier molecular flexibility index (Phi) is 4.92. The van der Waals surface area contributed by atoms with Crippen molar-refractivity contribution in [2.24, 2.45) is 11.3 Å². The molecule has 14 heavy (non-hydrogen) atoms. The van der Waals surface area contributed by atoms with Crippen LogP contribution in [0.4, 0.5) is 13.2 Å². The Bertz CT molecular complexity index is 165. The van der Waals surface area contributed by atoms with Gasteiger partial charge in [0.15, 0.2) is 0 Å². The number of hydrogen-bond donors (Lipinski definition) is 1. The van der Waals surface area contributed by atoms with E-state index >= 15 is 0 Å². The molecular weight excluding hydrogens is 193 g/mol.